The first-order valence-corrected chi connectivity index (χ1v) is 9.27. The van der Waals surface area contributed by atoms with Gasteiger partial charge >= 0.3 is 0 Å². The summed E-state index contributed by atoms with van der Waals surface area (Å²) in [6, 6.07) is 16.4. The van der Waals surface area contributed by atoms with E-state index in [0.717, 1.165) is 22.3 Å². The lowest BCUT2D eigenvalue weighted by Gasteiger charge is -2.12. The average Bonchev–Trinajstić information content (AvgIpc) is 3.04. The van der Waals surface area contributed by atoms with Crippen LogP contribution in [0.4, 0.5) is 11.4 Å². The van der Waals surface area contributed by atoms with E-state index in [1.165, 1.54) is 11.1 Å². The van der Waals surface area contributed by atoms with Crippen LogP contribution in [-0.4, -0.2) is 14.9 Å². The van der Waals surface area contributed by atoms with Crippen molar-refractivity contribution in [2.75, 3.05) is 10.6 Å². The number of thiocarbonyl (C=S) groups is 1. The van der Waals surface area contributed by atoms with Gasteiger partial charge in [0.1, 0.15) is 0 Å². The van der Waals surface area contributed by atoms with Gasteiger partial charge in [-0.3, -0.25) is 4.68 Å². The maximum atomic E-state index is 5.41. The zero-order valence-electron chi connectivity index (χ0n) is 13.9. The van der Waals surface area contributed by atoms with Gasteiger partial charge in [0.2, 0.25) is 0 Å². The van der Waals surface area contributed by atoms with Crippen LogP contribution in [0.3, 0.4) is 0 Å². The monoisotopic (exact) mass is 414 g/mol. The minimum absolute atomic E-state index is 0.559. The van der Waals surface area contributed by atoms with Gasteiger partial charge in [-0.05, 0) is 48.0 Å². The molecule has 2 N–H and O–H groups in total. The number of nitrogens with zero attached hydrogens (tertiary/aromatic N) is 2. The zero-order chi connectivity index (χ0) is 17.6. The molecule has 0 saturated heterocycles. The largest absolute Gasteiger partial charge is 0.332 e. The predicted molar refractivity (Wildman–Crippen MR) is 111 cm³/mol. The van der Waals surface area contributed by atoms with Crippen LogP contribution in [0.2, 0.25) is 0 Å². The third kappa shape index (κ3) is 4.90. The standard InChI is InChI=1S/C19H19BrN4S/c1-2-15-5-3-4-6-18(15)23-19(25)22-17-11-21-24(13-17)12-14-7-9-16(20)10-8-14/h3-11,13H,2,12H2,1H3,(H2,22,23,25). The second-order valence-corrected chi connectivity index (χ2v) is 6.97. The number of hydrogen-bond donors (Lipinski definition) is 2. The van der Waals surface area contributed by atoms with E-state index >= 15 is 0 Å². The molecule has 6 heteroatoms. The summed E-state index contributed by atoms with van der Waals surface area (Å²) in [6.45, 7) is 2.84. The first-order chi connectivity index (χ1) is 12.1. The van der Waals surface area contributed by atoms with Gasteiger partial charge in [0.15, 0.2) is 5.11 Å². The van der Waals surface area contributed by atoms with Crippen molar-refractivity contribution in [2.24, 2.45) is 0 Å². The Morgan fingerprint density at radius 2 is 1.88 bits per heavy atom. The molecule has 0 spiro atoms. The average molecular weight is 415 g/mol. The molecule has 0 fully saturated rings. The fourth-order valence-electron chi connectivity index (χ4n) is 2.53. The van der Waals surface area contributed by atoms with Crippen LogP contribution in [0.15, 0.2) is 65.4 Å². The van der Waals surface area contributed by atoms with Gasteiger partial charge in [-0.15, -0.1) is 0 Å². The lowest BCUT2D eigenvalue weighted by atomic mass is 10.1. The van der Waals surface area contributed by atoms with Crippen molar-refractivity contribution >= 4 is 44.6 Å². The molecule has 4 nitrogen and oxygen atoms in total. The smallest absolute Gasteiger partial charge is 0.175 e. The van der Waals surface area contributed by atoms with E-state index in [4.69, 9.17) is 12.2 Å². The summed E-state index contributed by atoms with van der Waals surface area (Å²) in [7, 11) is 0. The van der Waals surface area contributed by atoms with Crippen LogP contribution in [0.1, 0.15) is 18.1 Å². The Bertz CT molecular complexity index is 858. The van der Waals surface area contributed by atoms with Crippen LogP contribution >= 0.6 is 28.1 Å². The number of halogens is 1. The van der Waals surface area contributed by atoms with Crippen LogP contribution in [0.25, 0.3) is 0 Å². The third-order valence-corrected chi connectivity index (χ3v) is 4.53. The van der Waals surface area contributed by atoms with Crippen molar-refractivity contribution in [3.63, 3.8) is 0 Å². The molecule has 0 bridgehead atoms. The second kappa shape index (κ2) is 8.27. The van der Waals surface area contributed by atoms with E-state index in [1.807, 2.05) is 41.2 Å². The van der Waals surface area contributed by atoms with Gasteiger partial charge in [0.25, 0.3) is 0 Å². The zero-order valence-corrected chi connectivity index (χ0v) is 16.3. The van der Waals surface area contributed by atoms with Crippen molar-refractivity contribution < 1.29 is 0 Å². The van der Waals surface area contributed by atoms with Crippen LogP contribution < -0.4 is 10.6 Å². The summed E-state index contributed by atoms with van der Waals surface area (Å²) in [4.78, 5) is 0. The van der Waals surface area contributed by atoms with Crippen LogP contribution in [0, 0.1) is 0 Å². The molecule has 1 aromatic heterocycles. The molecular weight excluding hydrogens is 396 g/mol. The molecule has 2 aromatic carbocycles. The summed E-state index contributed by atoms with van der Waals surface area (Å²) in [6.07, 6.45) is 4.68. The minimum atomic E-state index is 0.559. The van der Waals surface area contributed by atoms with E-state index in [1.54, 1.807) is 6.20 Å². The molecule has 0 unspecified atom stereocenters. The number of hydrogen-bond acceptors (Lipinski definition) is 2. The highest BCUT2D eigenvalue weighted by molar-refractivity contribution is 9.10. The number of aromatic nitrogens is 2. The van der Waals surface area contributed by atoms with Crippen LogP contribution in [0.5, 0.6) is 0 Å². The first-order valence-electron chi connectivity index (χ1n) is 8.07. The van der Waals surface area contributed by atoms with Crippen molar-refractivity contribution in [2.45, 2.75) is 19.9 Å². The number of anilines is 2. The highest BCUT2D eigenvalue weighted by Gasteiger charge is 2.05. The number of rotatable bonds is 5. The second-order valence-electron chi connectivity index (χ2n) is 5.64. The molecule has 0 aliphatic carbocycles. The molecule has 3 aromatic rings. The SMILES string of the molecule is CCc1ccccc1NC(=S)Nc1cnn(Cc2ccc(Br)cc2)c1. The Kier molecular flexibility index (Phi) is 5.83. The van der Waals surface area contributed by atoms with Gasteiger partial charge in [-0.25, -0.2) is 0 Å². The summed E-state index contributed by atoms with van der Waals surface area (Å²) in [5, 5.41) is 11.4. The molecule has 128 valence electrons. The Balaban J connectivity index is 1.61. The Labute approximate surface area is 161 Å². The first kappa shape index (κ1) is 17.6. The fraction of sp³-hybridized carbons (Fsp3) is 0.158. The number of para-hydroxylation sites is 1. The van der Waals surface area contributed by atoms with Gasteiger partial charge in [-0.1, -0.05) is 53.2 Å². The van der Waals surface area contributed by atoms with E-state index in [2.05, 4.69) is 56.8 Å². The lowest BCUT2D eigenvalue weighted by molar-refractivity contribution is 0.687. The van der Waals surface area contributed by atoms with Gasteiger partial charge in [0, 0.05) is 16.4 Å². The van der Waals surface area contributed by atoms with Crippen molar-refractivity contribution in [1.29, 1.82) is 0 Å². The maximum Gasteiger partial charge on any atom is 0.175 e. The molecule has 0 aliphatic heterocycles. The Hall–Kier alpha value is -2.18. The topological polar surface area (TPSA) is 41.9 Å². The van der Waals surface area contributed by atoms with Gasteiger partial charge < -0.3 is 10.6 Å². The third-order valence-electron chi connectivity index (χ3n) is 3.80. The molecule has 0 radical (unpaired) electrons. The maximum absolute atomic E-state index is 5.41. The molecular formula is C19H19BrN4S. The van der Waals surface area contributed by atoms with E-state index in [-0.39, 0.29) is 0 Å². The molecule has 0 atom stereocenters. The molecule has 25 heavy (non-hydrogen) atoms. The Morgan fingerprint density at radius 1 is 1.12 bits per heavy atom. The van der Waals surface area contributed by atoms with E-state index in [0.29, 0.717) is 11.7 Å². The quantitative estimate of drug-likeness (QED) is 0.572. The Morgan fingerprint density at radius 3 is 2.64 bits per heavy atom. The van der Waals surface area contributed by atoms with Gasteiger partial charge in [0.05, 0.1) is 18.4 Å². The van der Waals surface area contributed by atoms with Crippen molar-refractivity contribution in [1.82, 2.24) is 9.78 Å². The van der Waals surface area contributed by atoms with E-state index in [9.17, 15) is 0 Å². The molecule has 0 amide bonds. The summed E-state index contributed by atoms with van der Waals surface area (Å²) in [5.41, 5.74) is 4.32. The molecule has 1 heterocycles. The number of benzene rings is 2. The summed E-state index contributed by atoms with van der Waals surface area (Å²) in [5.74, 6) is 0. The highest BCUT2D eigenvalue weighted by Crippen LogP contribution is 2.16. The summed E-state index contributed by atoms with van der Waals surface area (Å²) < 4.78 is 2.96. The molecule has 3 rings (SSSR count). The molecule has 0 saturated carbocycles. The van der Waals surface area contributed by atoms with Crippen molar-refractivity contribution in [3.8, 4) is 0 Å². The van der Waals surface area contributed by atoms with E-state index < -0.39 is 0 Å². The van der Waals surface area contributed by atoms with Crippen LogP contribution in [-0.2, 0) is 13.0 Å². The molecule has 0 aliphatic rings. The highest BCUT2D eigenvalue weighted by atomic mass is 79.9. The normalized spacial score (nSPS) is 10.5. The fourth-order valence-corrected chi connectivity index (χ4v) is 3.02. The van der Waals surface area contributed by atoms with Crippen molar-refractivity contribution in [3.05, 3.63) is 76.5 Å². The predicted octanol–water partition coefficient (Wildman–Crippen LogP) is 5.07. The number of aryl methyl sites for hydroxylation is 1. The lowest BCUT2D eigenvalue weighted by Crippen LogP contribution is -2.19. The number of nitrogens with one attached hydrogen (secondary N) is 2. The minimum Gasteiger partial charge on any atom is -0.332 e. The summed E-state index contributed by atoms with van der Waals surface area (Å²) >= 11 is 8.86. The van der Waals surface area contributed by atoms with Gasteiger partial charge in [-0.2, -0.15) is 5.10 Å².